The molecule has 2 rings (SSSR count). The lowest BCUT2D eigenvalue weighted by molar-refractivity contribution is -0.140. The molecule has 0 bridgehead atoms. The van der Waals surface area contributed by atoms with Gasteiger partial charge in [-0.25, -0.2) is 4.39 Å². The Morgan fingerprint density at radius 2 is 2.00 bits per heavy atom. The van der Waals surface area contributed by atoms with Gasteiger partial charge in [0.1, 0.15) is 10.8 Å². The molecule has 1 aromatic rings. The van der Waals surface area contributed by atoms with Crippen LogP contribution in [0.1, 0.15) is 32.6 Å². The Morgan fingerprint density at radius 1 is 1.33 bits per heavy atom. The van der Waals surface area contributed by atoms with E-state index in [4.69, 9.17) is 16.3 Å². The van der Waals surface area contributed by atoms with Crippen LogP contribution in [-0.2, 0) is 4.79 Å². The molecule has 98 valence electrons. The highest BCUT2D eigenvalue weighted by Crippen LogP contribution is 2.32. The van der Waals surface area contributed by atoms with Gasteiger partial charge in [-0.2, -0.15) is 0 Å². The molecule has 0 spiro atoms. The van der Waals surface area contributed by atoms with Gasteiger partial charge >= 0.3 is 5.97 Å². The molecule has 0 radical (unpaired) electrons. The second-order valence-corrected chi connectivity index (χ2v) is 5.31. The molecular weight excluding hydrogens is 255 g/mol. The monoisotopic (exact) mass is 270 g/mol. The van der Waals surface area contributed by atoms with Gasteiger partial charge in [-0.05, 0) is 43.7 Å². The molecule has 2 nitrogen and oxygen atoms in total. The van der Waals surface area contributed by atoms with Crippen molar-refractivity contribution < 1.29 is 13.9 Å². The fraction of sp³-hybridized carbons (Fsp3) is 0.500. The third kappa shape index (κ3) is 3.02. The molecule has 0 aliphatic heterocycles. The third-order valence-corrected chi connectivity index (χ3v) is 3.84. The smallest absolute Gasteiger partial charge is 0.314 e. The molecule has 1 saturated carbocycles. The predicted molar refractivity (Wildman–Crippen MR) is 68.2 cm³/mol. The number of rotatable bonds is 2. The molecular formula is C14H16ClFO2. The number of halogens is 2. The van der Waals surface area contributed by atoms with Crippen molar-refractivity contribution in [1.82, 2.24) is 0 Å². The fourth-order valence-corrected chi connectivity index (χ4v) is 2.41. The molecule has 0 saturated heterocycles. The first-order valence-electron chi connectivity index (χ1n) is 6.23. The van der Waals surface area contributed by atoms with Crippen LogP contribution in [0, 0.1) is 17.7 Å². The first-order chi connectivity index (χ1) is 8.58. The summed E-state index contributed by atoms with van der Waals surface area (Å²) in [6, 6.07) is 4.23. The summed E-state index contributed by atoms with van der Waals surface area (Å²) in [5, 5.41) is -0.130. The van der Waals surface area contributed by atoms with E-state index in [-0.39, 0.29) is 22.7 Å². The normalized spacial score (nSPS) is 23.7. The zero-order valence-corrected chi connectivity index (χ0v) is 11.0. The molecule has 18 heavy (non-hydrogen) atoms. The second-order valence-electron chi connectivity index (χ2n) is 4.93. The lowest BCUT2D eigenvalue weighted by atomic mass is 9.83. The molecule has 1 fully saturated rings. The Hall–Kier alpha value is -1.09. The molecule has 4 heteroatoms. The lowest BCUT2D eigenvalue weighted by Crippen LogP contribution is -2.25. The Morgan fingerprint density at radius 3 is 2.67 bits per heavy atom. The van der Waals surface area contributed by atoms with E-state index >= 15 is 0 Å². The van der Waals surface area contributed by atoms with Crippen LogP contribution in [0.5, 0.6) is 5.75 Å². The zero-order chi connectivity index (χ0) is 13.1. The molecule has 0 N–H and O–H groups in total. The number of carbonyl (C=O) groups excluding carboxylic acids is 1. The molecule has 1 aromatic carbocycles. The lowest BCUT2D eigenvalue weighted by Gasteiger charge is -2.24. The van der Waals surface area contributed by atoms with Crippen LogP contribution in [-0.4, -0.2) is 5.97 Å². The molecule has 0 unspecified atom stereocenters. The van der Waals surface area contributed by atoms with E-state index in [0.29, 0.717) is 5.92 Å². The number of ether oxygens (including phenoxy) is 1. The van der Waals surface area contributed by atoms with Crippen LogP contribution in [0.2, 0.25) is 5.02 Å². The highest BCUT2D eigenvalue weighted by Gasteiger charge is 2.26. The SMILES string of the molecule is CC1CCC(C(=O)Oc2cccc(F)c2Cl)CC1. The number of hydrogen-bond donors (Lipinski definition) is 0. The van der Waals surface area contributed by atoms with Gasteiger partial charge in [-0.1, -0.05) is 24.6 Å². The molecule has 0 amide bonds. The largest absolute Gasteiger partial charge is 0.425 e. The molecule has 1 aliphatic rings. The van der Waals surface area contributed by atoms with Crippen molar-refractivity contribution in [2.45, 2.75) is 32.6 Å². The van der Waals surface area contributed by atoms with Crippen LogP contribution >= 0.6 is 11.6 Å². The van der Waals surface area contributed by atoms with Crippen LogP contribution in [0.4, 0.5) is 4.39 Å². The van der Waals surface area contributed by atoms with Crippen LogP contribution in [0.25, 0.3) is 0 Å². The topological polar surface area (TPSA) is 26.3 Å². The Bertz CT molecular complexity index is 439. The number of benzene rings is 1. The van der Waals surface area contributed by atoms with Crippen molar-refractivity contribution in [3.8, 4) is 5.75 Å². The summed E-state index contributed by atoms with van der Waals surface area (Å²) in [7, 11) is 0. The number of hydrogen-bond acceptors (Lipinski definition) is 2. The summed E-state index contributed by atoms with van der Waals surface area (Å²) >= 11 is 5.75. The summed E-state index contributed by atoms with van der Waals surface area (Å²) in [6.07, 6.45) is 3.76. The summed E-state index contributed by atoms with van der Waals surface area (Å²) in [5.74, 6) is -0.165. The summed E-state index contributed by atoms with van der Waals surface area (Å²) in [6.45, 7) is 2.19. The van der Waals surface area contributed by atoms with Crippen LogP contribution in [0.3, 0.4) is 0 Å². The fourth-order valence-electron chi connectivity index (χ4n) is 2.25. The summed E-state index contributed by atoms with van der Waals surface area (Å²) in [4.78, 5) is 11.9. The molecule has 0 aromatic heterocycles. The minimum atomic E-state index is -0.570. The first-order valence-corrected chi connectivity index (χ1v) is 6.61. The number of carbonyl (C=O) groups is 1. The Labute approximate surface area is 111 Å². The Balaban J connectivity index is 2.01. The predicted octanol–water partition coefficient (Wildman–Crippen LogP) is 4.21. The zero-order valence-electron chi connectivity index (χ0n) is 10.3. The van der Waals surface area contributed by atoms with E-state index in [9.17, 15) is 9.18 Å². The van der Waals surface area contributed by atoms with Crippen molar-refractivity contribution in [3.63, 3.8) is 0 Å². The van der Waals surface area contributed by atoms with Crippen LogP contribution in [0.15, 0.2) is 18.2 Å². The van der Waals surface area contributed by atoms with E-state index in [0.717, 1.165) is 25.7 Å². The van der Waals surface area contributed by atoms with E-state index in [2.05, 4.69) is 6.92 Å². The van der Waals surface area contributed by atoms with Crippen molar-refractivity contribution in [2.24, 2.45) is 11.8 Å². The highest BCUT2D eigenvalue weighted by molar-refractivity contribution is 6.32. The van der Waals surface area contributed by atoms with E-state index in [1.165, 1.54) is 18.2 Å². The van der Waals surface area contributed by atoms with Gasteiger partial charge < -0.3 is 4.74 Å². The van der Waals surface area contributed by atoms with Gasteiger partial charge in [0.25, 0.3) is 0 Å². The van der Waals surface area contributed by atoms with Gasteiger partial charge in [0, 0.05) is 0 Å². The van der Waals surface area contributed by atoms with Gasteiger partial charge in [0.2, 0.25) is 0 Å². The third-order valence-electron chi connectivity index (χ3n) is 3.48. The minimum absolute atomic E-state index is 0.0828. The Kier molecular flexibility index (Phi) is 4.23. The van der Waals surface area contributed by atoms with Gasteiger partial charge in [0.15, 0.2) is 5.75 Å². The maximum Gasteiger partial charge on any atom is 0.314 e. The summed E-state index contributed by atoms with van der Waals surface area (Å²) < 4.78 is 18.4. The first kappa shape index (κ1) is 13.3. The second kappa shape index (κ2) is 5.70. The minimum Gasteiger partial charge on any atom is -0.425 e. The van der Waals surface area contributed by atoms with Gasteiger partial charge in [-0.15, -0.1) is 0 Å². The maximum atomic E-state index is 13.2. The average Bonchev–Trinajstić information content (AvgIpc) is 2.36. The standard InChI is InChI=1S/C14H16ClFO2/c1-9-5-7-10(8-6-9)14(17)18-12-4-2-3-11(16)13(12)15/h2-4,9-10H,5-8H2,1H3. The van der Waals surface area contributed by atoms with Crippen molar-refractivity contribution in [1.29, 1.82) is 0 Å². The summed E-state index contributed by atoms with van der Waals surface area (Å²) in [5.41, 5.74) is 0. The average molecular weight is 271 g/mol. The quantitative estimate of drug-likeness (QED) is 0.594. The van der Waals surface area contributed by atoms with E-state index in [1.54, 1.807) is 0 Å². The van der Waals surface area contributed by atoms with E-state index in [1.807, 2.05) is 0 Å². The molecule has 0 atom stereocenters. The molecule has 1 aliphatic carbocycles. The van der Waals surface area contributed by atoms with Crippen molar-refractivity contribution in [3.05, 3.63) is 29.0 Å². The maximum absolute atomic E-state index is 13.2. The van der Waals surface area contributed by atoms with Gasteiger partial charge in [0.05, 0.1) is 5.92 Å². The van der Waals surface area contributed by atoms with Crippen molar-refractivity contribution >= 4 is 17.6 Å². The number of esters is 1. The van der Waals surface area contributed by atoms with Crippen molar-refractivity contribution in [2.75, 3.05) is 0 Å². The highest BCUT2D eigenvalue weighted by atomic mass is 35.5. The van der Waals surface area contributed by atoms with Crippen LogP contribution < -0.4 is 4.74 Å². The molecule has 0 heterocycles. The van der Waals surface area contributed by atoms with Gasteiger partial charge in [-0.3, -0.25) is 4.79 Å². The van der Waals surface area contributed by atoms with E-state index < -0.39 is 5.82 Å².